The summed E-state index contributed by atoms with van der Waals surface area (Å²) in [7, 11) is -3.33. The molecule has 1 aromatic heterocycles. The van der Waals surface area contributed by atoms with Gasteiger partial charge in [-0.05, 0) is 25.0 Å². The van der Waals surface area contributed by atoms with Crippen LogP contribution in [0.15, 0.2) is 36.7 Å². The van der Waals surface area contributed by atoms with Gasteiger partial charge in [0.25, 0.3) is 0 Å². The molecule has 2 heterocycles. The van der Waals surface area contributed by atoms with Crippen LogP contribution in [-0.4, -0.2) is 37.2 Å². The molecule has 116 valence electrons. The number of para-hydroxylation sites is 1. The van der Waals surface area contributed by atoms with Gasteiger partial charge in [0.15, 0.2) is 0 Å². The van der Waals surface area contributed by atoms with Crippen molar-refractivity contribution in [2.45, 2.75) is 13.3 Å². The number of aryl methyl sites for hydroxylation is 1. The highest BCUT2D eigenvalue weighted by atomic mass is 32.2. The lowest BCUT2D eigenvalue weighted by atomic mass is 10.2. The fourth-order valence-electron chi connectivity index (χ4n) is 2.57. The van der Waals surface area contributed by atoms with E-state index in [0.29, 0.717) is 18.9 Å². The number of aromatic nitrogens is 2. The third kappa shape index (κ3) is 3.04. The van der Waals surface area contributed by atoms with E-state index in [1.54, 1.807) is 6.07 Å². The first-order chi connectivity index (χ1) is 10.6. The first-order valence-corrected chi connectivity index (χ1v) is 8.78. The van der Waals surface area contributed by atoms with E-state index in [4.69, 9.17) is 0 Å². The van der Waals surface area contributed by atoms with Gasteiger partial charge in [-0.1, -0.05) is 18.2 Å². The van der Waals surface area contributed by atoms with Crippen molar-refractivity contribution < 1.29 is 8.42 Å². The maximum Gasteiger partial charge on any atom is 0.236 e. The van der Waals surface area contributed by atoms with Crippen LogP contribution in [0.2, 0.25) is 0 Å². The third-order valence-electron chi connectivity index (χ3n) is 3.65. The lowest BCUT2D eigenvalue weighted by molar-refractivity contribution is 0.592. The Morgan fingerprint density at radius 3 is 2.91 bits per heavy atom. The van der Waals surface area contributed by atoms with E-state index in [-0.39, 0.29) is 5.75 Å². The van der Waals surface area contributed by atoms with Crippen molar-refractivity contribution in [1.29, 1.82) is 0 Å². The van der Waals surface area contributed by atoms with E-state index in [1.165, 1.54) is 10.6 Å². The first kappa shape index (κ1) is 14.8. The summed E-state index contributed by atoms with van der Waals surface area (Å²) in [6.07, 6.45) is 2.23. The van der Waals surface area contributed by atoms with Gasteiger partial charge in [-0.15, -0.1) is 0 Å². The molecule has 1 aromatic carbocycles. The monoisotopic (exact) mass is 318 g/mol. The van der Waals surface area contributed by atoms with Gasteiger partial charge in [-0.2, -0.15) is 0 Å². The van der Waals surface area contributed by atoms with E-state index in [0.717, 1.165) is 23.4 Å². The SMILES string of the molecule is Cc1cc(NCCS(=O)(=O)N2CCc3ccccc32)ncn1. The number of benzene rings is 1. The van der Waals surface area contributed by atoms with Crippen molar-refractivity contribution in [3.63, 3.8) is 0 Å². The van der Waals surface area contributed by atoms with Gasteiger partial charge in [0.05, 0.1) is 11.4 Å². The van der Waals surface area contributed by atoms with Crippen LogP contribution in [-0.2, 0) is 16.4 Å². The molecule has 3 rings (SSSR count). The zero-order chi connectivity index (χ0) is 15.6. The molecule has 0 amide bonds. The second-order valence-electron chi connectivity index (χ2n) is 5.24. The van der Waals surface area contributed by atoms with Crippen LogP contribution in [0.5, 0.6) is 0 Å². The van der Waals surface area contributed by atoms with Gasteiger partial charge in [0, 0.05) is 24.8 Å². The van der Waals surface area contributed by atoms with Gasteiger partial charge in [-0.3, -0.25) is 4.31 Å². The topological polar surface area (TPSA) is 75.2 Å². The molecule has 0 aliphatic carbocycles. The second-order valence-corrected chi connectivity index (χ2v) is 7.25. The molecule has 7 heteroatoms. The van der Waals surface area contributed by atoms with Crippen molar-refractivity contribution in [2.75, 3.05) is 28.5 Å². The Balaban J connectivity index is 1.65. The highest BCUT2D eigenvalue weighted by Crippen LogP contribution is 2.29. The molecule has 22 heavy (non-hydrogen) atoms. The number of rotatable bonds is 5. The van der Waals surface area contributed by atoms with E-state index in [9.17, 15) is 8.42 Å². The molecule has 0 fully saturated rings. The summed E-state index contributed by atoms with van der Waals surface area (Å²) in [4.78, 5) is 8.07. The molecule has 1 aliphatic rings. The molecule has 0 spiro atoms. The fourth-order valence-corrected chi connectivity index (χ4v) is 3.99. The van der Waals surface area contributed by atoms with Crippen LogP contribution in [0.25, 0.3) is 0 Å². The Hall–Kier alpha value is -2.15. The lowest BCUT2D eigenvalue weighted by Gasteiger charge is -2.19. The second kappa shape index (κ2) is 5.92. The Morgan fingerprint density at radius 1 is 1.27 bits per heavy atom. The molecule has 6 nitrogen and oxygen atoms in total. The van der Waals surface area contributed by atoms with E-state index < -0.39 is 10.0 Å². The molecule has 2 aromatic rings. The van der Waals surface area contributed by atoms with Crippen molar-refractivity contribution in [1.82, 2.24) is 9.97 Å². The molecule has 0 atom stereocenters. The van der Waals surface area contributed by atoms with Crippen LogP contribution < -0.4 is 9.62 Å². The molecule has 0 saturated carbocycles. The van der Waals surface area contributed by atoms with Gasteiger partial charge < -0.3 is 5.32 Å². The number of fused-ring (bicyclic) bond motifs is 1. The zero-order valence-corrected chi connectivity index (χ0v) is 13.2. The Kier molecular flexibility index (Phi) is 3.98. The molecule has 1 N–H and O–H groups in total. The summed E-state index contributed by atoms with van der Waals surface area (Å²) < 4.78 is 26.5. The van der Waals surface area contributed by atoms with Crippen molar-refractivity contribution in [2.24, 2.45) is 0 Å². The van der Waals surface area contributed by atoms with E-state index >= 15 is 0 Å². The summed E-state index contributed by atoms with van der Waals surface area (Å²) in [6, 6.07) is 9.44. The maximum absolute atomic E-state index is 12.5. The van der Waals surface area contributed by atoms with E-state index in [2.05, 4.69) is 15.3 Å². The predicted molar refractivity (Wildman–Crippen MR) is 86.5 cm³/mol. The lowest BCUT2D eigenvalue weighted by Crippen LogP contribution is -2.33. The van der Waals surface area contributed by atoms with Crippen molar-refractivity contribution in [3.05, 3.63) is 47.9 Å². The van der Waals surface area contributed by atoms with Crippen LogP contribution >= 0.6 is 0 Å². The minimum absolute atomic E-state index is 0.0321. The summed E-state index contributed by atoms with van der Waals surface area (Å²) in [5.41, 5.74) is 2.74. The number of nitrogens with one attached hydrogen (secondary N) is 1. The minimum Gasteiger partial charge on any atom is -0.369 e. The van der Waals surface area contributed by atoms with Crippen molar-refractivity contribution in [3.8, 4) is 0 Å². The number of hydrogen-bond acceptors (Lipinski definition) is 5. The number of sulfonamides is 1. The van der Waals surface area contributed by atoms with Gasteiger partial charge >= 0.3 is 0 Å². The molecule has 1 aliphatic heterocycles. The van der Waals surface area contributed by atoms with Gasteiger partial charge in [0.1, 0.15) is 12.1 Å². The number of nitrogens with zero attached hydrogens (tertiary/aromatic N) is 3. The molecule has 0 saturated heterocycles. The quantitative estimate of drug-likeness (QED) is 0.906. The molecule has 0 unspecified atom stereocenters. The molecular formula is C15H18N4O2S. The Bertz CT molecular complexity index is 777. The van der Waals surface area contributed by atoms with Crippen LogP contribution in [0.1, 0.15) is 11.3 Å². The fraction of sp³-hybridized carbons (Fsp3) is 0.333. The number of hydrogen-bond donors (Lipinski definition) is 1. The van der Waals surface area contributed by atoms with Crippen LogP contribution in [0, 0.1) is 6.92 Å². The summed E-state index contributed by atoms with van der Waals surface area (Å²) >= 11 is 0. The summed E-state index contributed by atoms with van der Waals surface area (Å²) in [6.45, 7) is 2.70. The van der Waals surface area contributed by atoms with Crippen LogP contribution in [0.4, 0.5) is 11.5 Å². The highest BCUT2D eigenvalue weighted by molar-refractivity contribution is 7.92. The smallest absolute Gasteiger partial charge is 0.236 e. The molecule has 0 radical (unpaired) electrons. The van der Waals surface area contributed by atoms with Crippen molar-refractivity contribution >= 4 is 21.5 Å². The summed E-state index contributed by atoms with van der Waals surface area (Å²) in [5, 5.41) is 3.03. The Morgan fingerprint density at radius 2 is 2.09 bits per heavy atom. The molecular weight excluding hydrogens is 300 g/mol. The van der Waals surface area contributed by atoms with Gasteiger partial charge in [-0.25, -0.2) is 18.4 Å². The number of anilines is 2. The summed E-state index contributed by atoms with van der Waals surface area (Å²) in [5.74, 6) is 0.675. The average molecular weight is 318 g/mol. The maximum atomic E-state index is 12.5. The zero-order valence-electron chi connectivity index (χ0n) is 12.4. The third-order valence-corrected chi connectivity index (χ3v) is 5.42. The Labute approximate surface area is 130 Å². The normalized spacial score (nSPS) is 14.0. The average Bonchev–Trinajstić information content (AvgIpc) is 2.92. The standard InChI is InChI=1S/C15H18N4O2S/c1-12-10-15(18-11-17-12)16-7-9-22(20,21)19-8-6-13-4-2-3-5-14(13)19/h2-5,10-11H,6-9H2,1H3,(H,16,17,18). The minimum atomic E-state index is -3.33. The highest BCUT2D eigenvalue weighted by Gasteiger charge is 2.28. The van der Waals surface area contributed by atoms with Gasteiger partial charge in [0.2, 0.25) is 10.0 Å². The first-order valence-electron chi connectivity index (χ1n) is 7.17. The van der Waals surface area contributed by atoms with E-state index in [1.807, 2.05) is 31.2 Å². The van der Waals surface area contributed by atoms with Crippen LogP contribution in [0.3, 0.4) is 0 Å². The molecule has 0 bridgehead atoms. The predicted octanol–water partition coefficient (Wildman–Crippen LogP) is 1.59. The largest absolute Gasteiger partial charge is 0.369 e.